The maximum absolute atomic E-state index is 11.5. The minimum atomic E-state index is 0.154. The van der Waals surface area contributed by atoms with Crippen LogP contribution in [0.15, 0.2) is 48.8 Å². The first kappa shape index (κ1) is 20.0. The second kappa shape index (κ2) is 8.66. The van der Waals surface area contributed by atoms with Crippen LogP contribution in [0.2, 0.25) is 0 Å². The van der Waals surface area contributed by atoms with Crippen LogP contribution in [-0.2, 0) is 11.3 Å². The second-order valence-electron chi connectivity index (χ2n) is 8.23. The molecule has 2 N–H and O–H groups in total. The fraction of sp³-hybridized carbons (Fsp3) is 0.391. The molecule has 2 aliphatic heterocycles. The molecule has 1 unspecified atom stereocenters. The van der Waals surface area contributed by atoms with E-state index in [4.69, 9.17) is 9.72 Å². The predicted molar refractivity (Wildman–Crippen MR) is 118 cm³/mol. The van der Waals surface area contributed by atoms with Crippen LogP contribution in [0.1, 0.15) is 30.6 Å². The predicted octanol–water partition coefficient (Wildman–Crippen LogP) is 2.33. The van der Waals surface area contributed by atoms with E-state index in [1.165, 1.54) is 5.56 Å². The Balaban J connectivity index is 1.23. The number of benzene rings is 1. The summed E-state index contributed by atoms with van der Waals surface area (Å²) in [6.07, 6.45) is 5.11. The first-order chi connectivity index (χ1) is 15.1. The Morgan fingerprint density at radius 2 is 1.84 bits per heavy atom. The highest BCUT2D eigenvalue weighted by Crippen LogP contribution is 2.26. The molecule has 0 spiro atoms. The lowest BCUT2D eigenvalue weighted by Crippen LogP contribution is -2.47. The number of hydrazine groups is 1. The van der Waals surface area contributed by atoms with Gasteiger partial charge < -0.3 is 14.0 Å². The van der Waals surface area contributed by atoms with Gasteiger partial charge in [-0.3, -0.25) is 20.5 Å². The normalized spacial score (nSPS) is 19.8. The van der Waals surface area contributed by atoms with Gasteiger partial charge in [0.15, 0.2) is 0 Å². The van der Waals surface area contributed by atoms with E-state index in [2.05, 4.69) is 34.1 Å². The summed E-state index contributed by atoms with van der Waals surface area (Å²) in [5.74, 6) is 1.75. The Hall–Kier alpha value is -2.94. The molecule has 0 aliphatic carbocycles. The molecule has 1 atom stereocenters. The fourth-order valence-electron chi connectivity index (χ4n) is 4.25. The maximum atomic E-state index is 11.5. The topological polar surface area (TPSA) is 74.1 Å². The molecule has 2 aliphatic rings. The number of fused-ring (bicyclic) bond motifs is 1. The molecule has 3 aromatic rings. The van der Waals surface area contributed by atoms with E-state index < -0.39 is 0 Å². The van der Waals surface area contributed by atoms with Crippen molar-refractivity contribution in [3.63, 3.8) is 0 Å². The molecule has 8 nitrogen and oxygen atoms in total. The summed E-state index contributed by atoms with van der Waals surface area (Å²) in [4.78, 5) is 20.5. The number of imidazole rings is 1. The summed E-state index contributed by atoms with van der Waals surface area (Å²) in [6, 6.07) is 12.5. The number of aromatic nitrogens is 2. The SMILES string of the molecule is CC(=O)N1CCN(Cc2cn3cc(Oc4ccc(C5CCNN5)cc4)ccc3n2)CC1. The minimum Gasteiger partial charge on any atom is -0.456 e. The highest BCUT2D eigenvalue weighted by Gasteiger charge is 2.19. The smallest absolute Gasteiger partial charge is 0.219 e. The van der Waals surface area contributed by atoms with Gasteiger partial charge in [0.25, 0.3) is 0 Å². The Morgan fingerprint density at radius 3 is 2.55 bits per heavy atom. The first-order valence-electron chi connectivity index (χ1n) is 10.9. The fourth-order valence-corrected chi connectivity index (χ4v) is 4.25. The summed E-state index contributed by atoms with van der Waals surface area (Å²) in [5, 5.41) is 0. The highest BCUT2D eigenvalue weighted by molar-refractivity contribution is 5.73. The lowest BCUT2D eigenvalue weighted by molar-refractivity contribution is -0.130. The van der Waals surface area contributed by atoms with Crippen molar-refractivity contribution in [1.29, 1.82) is 0 Å². The third-order valence-corrected chi connectivity index (χ3v) is 6.03. The molecule has 162 valence electrons. The molecule has 8 heteroatoms. The molecule has 1 amide bonds. The number of carbonyl (C=O) groups excluding carboxylic acids is 1. The lowest BCUT2D eigenvalue weighted by Gasteiger charge is -2.33. The number of pyridine rings is 1. The average molecular weight is 421 g/mol. The van der Waals surface area contributed by atoms with Crippen LogP contribution in [0.3, 0.4) is 0 Å². The Bertz CT molecular complexity index is 1050. The molecule has 2 aromatic heterocycles. The zero-order valence-corrected chi connectivity index (χ0v) is 17.8. The van der Waals surface area contributed by atoms with Crippen LogP contribution < -0.4 is 15.6 Å². The van der Waals surface area contributed by atoms with Gasteiger partial charge in [-0.2, -0.15) is 0 Å². The van der Waals surface area contributed by atoms with Crippen molar-refractivity contribution in [1.82, 2.24) is 30.0 Å². The van der Waals surface area contributed by atoms with Crippen LogP contribution in [0.25, 0.3) is 5.65 Å². The van der Waals surface area contributed by atoms with Crippen LogP contribution in [0, 0.1) is 0 Å². The second-order valence-corrected chi connectivity index (χ2v) is 8.23. The number of hydrogen-bond acceptors (Lipinski definition) is 6. The van der Waals surface area contributed by atoms with Gasteiger partial charge >= 0.3 is 0 Å². The van der Waals surface area contributed by atoms with Crippen LogP contribution in [0.5, 0.6) is 11.5 Å². The zero-order chi connectivity index (χ0) is 21.2. The summed E-state index contributed by atoms with van der Waals surface area (Å²) in [6.45, 7) is 6.74. The van der Waals surface area contributed by atoms with Gasteiger partial charge in [-0.05, 0) is 36.2 Å². The van der Waals surface area contributed by atoms with Crippen molar-refractivity contribution < 1.29 is 9.53 Å². The summed E-state index contributed by atoms with van der Waals surface area (Å²) >= 11 is 0. The van der Waals surface area contributed by atoms with Crippen molar-refractivity contribution >= 4 is 11.6 Å². The van der Waals surface area contributed by atoms with Crippen LogP contribution in [-0.4, -0.2) is 57.8 Å². The van der Waals surface area contributed by atoms with Gasteiger partial charge in [0.1, 0.15) is 17.1 Å². The van der Waals surface area contributed by atoms with E-state index >= 15 is 0 Å². The molecule has 1 aromatic carbocycles. The first-order valence-corrected chi connectivity index (χ1v) is 10.9. The lowest BCUT2D eigenvalue weighted by atomic mass is 10.1. The summed E-state index contributed by atoms with van der Waals surface area (Å²) < 4.78 is 8.08. The van der Waals surface area contributed by atoms with Gasteiger partial charge in [0.2, 0.25) is 5.91 Å². The summed E-state index contributed by atoms with van der Waals surface area (Å²) in [7, 11) is 0. The van der Waals surface area contributed by atoms with E-state index in [1.54, 1.807) is 6.92 Å². The van der Waals surface area contributed by atoms with E-state index in [9.17, 15) is 4.79 Å². The number of nitrogens with one attached hydrogen (secondary N) is 2. The number of amides is 1. The molecular weight excluding hydrogens is 392 g/mol. The van der Waals surface area contributed by atoms with Gasteiger partial charge in [0.05, 0.1) is 11.9 Å². The Kier molecular flexibility index (Phi) is 5.59. The standard InChI is InChI=1S/C23H28N6O2/c1-17(30)28-12-10-27(11-13-28)14-19-15-29-16-21(6-7-23(29)25-19)31-20-4-2-18(3-5-20)22-8-9-24-26-22/h2-7,15-16,22,24,26H,8-14H2,1H3. The number of hydrogen-bond donors (Lipinski definition) is 2. The maximum Gasteiger partial charge on any atom is 0.219 e. The van der Waals surface area contributed by atoms with Gasteiger partial charge in [-0.15, -0.1) is 0 Å². The number of piperazine rings is 1. The molecule has 0 bridgehead atoms. The molecule has 5 rings (SSSR count). The van der Waals surface area contributed by atoms with Crippen molar-refractivity contribution in [3.05, 3.63) is 60.0 Å². The average Bonchev–Trinajstić information content (AvgIpc) is 3.44. The number of nitrogens with zero attached hydrogens (tertiary/aromatic N) is 4. The van der Waals surface area contributed by atoms with E-state index in [0.29, 0.717) is 6.04 Å². The van der Waals surface area contributed by atoms with Gasteiger partial charge in [0, 0.05) is 58.4 Å². The Morgan fingerprint density at radius 1 is 1.06 bits per heavy atom. The quantitative estimate of drug-likeness (QED) is 0.660. The molecule has 4 heterocycles. The monoisotopic (exact) mass is 420 g/mol. The van der Waals surface area contributed by atoms with E-state index in [-0.39, 0.29) is 5.91 Å². The third kappa shape index (κ3) is 4.56. The van der Waals surface area contributed by atoms with Crippen LogP contribution >= 0.6 is 0 Å². The molecule has 2 fully saturated rings. The molecule has 2 saturated heterocycles. The molecule has 31 heavy (non-hydrogen) atoms. The van der Waals surface area contributed by atoms with Crippen molar-refractivity contribution in [2.45, 2.75) is 25.9 Å². The highest BCUT2D eigenvalue weighted by atomic mass is 16.5. The number of rotatable bonds is 5. The molecular formula is C23H28N6O2. The Labute approximate surface area is 181 Å². The van der Waals surface area contributed by atoms with Gasteiger partial charge in [-0.1, -0.05) is 12.1 Å². The van der Waals surface area contributed by atoms with Crippen molar-refractivity contribution in [2.75, 3.05) is 32.7 Å². The molecule has 0 radical (unpaired) electrons. The van der Waals surface area contributed by atoms with Crippen molar-refractivity contribution in [2.24, 2.45) is 0 Å². The van der Waals surface area contributed by atoms with E-state index in [1.807, 2.05) is 39.8 Å². The zero-order valence-electron chi connectivity index (χ0n) is 17.8. The third-order valence-electron chi connectivity index (χ3n) is 6.03. The number of ether oxygens (including phenoxy) is 1. The molecule has 0 saturated carbocycles. The van der Waals surface area contributed by atoms with Crippen LogP contribution in [0.4, 0.5) is 0 Å². The summed E-state index contributed by atoms with van der Waals surface area (Å²) in [5.41, 5.74) is 9.63. The number of carbonyl (C=O) groups is 1. The minimum absolute atomic E-state index is 0.154. The van der Waals surface area contributed by atoms with Gasteiger partial charge in [-0.25, -0.2) is 4.98 Å². The van der Waals surface area contributed by atoms with Crippen molar-refractivity contribution in [3.8, 4) is 11.5 Å². The largest absolute Gasteiger partial charge is 0.456 e. The van der Waals surface area contributed by atoms with E-state index in [0.717, 1.165) is 68.5 Å².